The van der Waals surface area contributed by atoms with Crippen LogP contribution in [0.3, 0.4) is 0 Å². The summed E-state index contributed by atoms with van der Waals surface area (Å²) in [6.07, 6.45) is 5.02. The van der Waals surface area contributed by atoms with Crippen LogP contribution in [0, 0.1) is 5.92 Å². The first-order chi connectivity index (χ1) is 7.66. The molecule has 1 fully saturated rings. The van der Waals surface area contributed by atoms with Gasteiger partial charge in [0.05, 0.1) is 0 Å². The average Bonchev–Trinajstić information content (AvgIpc) is 2.64. The highest BCUT2D eigenvalue weighted by atomic mass is 35.5. The lowest BCUT2D eigenvalue weighted by Gasteiger charge is -2.17. The van der Waals surface area contributed by atoms with Crippen LogP contribution in [0.1, 0.15) is 36.5 Å². The zero-order valence-corrected chi connectivity index (χ0v) is 10.00. The van der Waals surface area contributed by atoms with Gasteiger partial charge in [0, 0.05) is 17.8 Å². The SMILES string of the molecule is CC1CCCC1NC(=O)c1ccnc(Cl)c1. The second kappa shape index (κ2) is 4.83. The molecule has 16 heavy (non-hydrogen) atoms. The normalized spacial score (nSPS) is 24.4. The van der Waals surface area contributed by atoms with Crippen LogP contribution in [0.15, 0.2) is 18.3 Å². The summed E-state index contributed by atoms with van der Waals surface area (Å²) >= 11 is 5.74. The standard InChI is InChI=1S/C12H15ClN2O/c1-8-3-2-4-10(8)15-12(16)9-5-6-14-11(13)7-9/h5-8,10H,2-4H2,1H3,(H,15,16). The van der Waals surface area contributed by atoms with Gasteiger partial charge in [0.15, 0.2) is 0 Å². The Labute approximate surface area is 100 Å². The second-order valence-corrected chi connectivity index (χ2v) is 4.74. The van der Waals surface area contributed by atoms with Gasteiger partial charge in [0.1, 0.15) is 5.15 Å². The van der Waals surface area contributed by atoms with Crippen LogP contribution < -0.4 is 5.32 Å². The molecule has 1 aliphatic rings. The Balaban J connectivity index is 2.03. The van der Waals surface area contributed by atoms with E-state index in [2.05, 4.69) is 17.2 Å². The predicted octanol–water partition coefficient (Wildman–Crippen LogP) is 2.65. The van der Waals surface area contributed by atoms with Gasteiger partial charge in [-0.1, -0.05) is 24.9 Å². The van der Waals surface area contributed by atoms with Crippen LogP contribution >= 0.6 is 11.6 Å². The predicted molar refractivity (Wildman–Crippen MR) is 63.5 cm³/mol. The van der Waals surface area contributed by atoms with Crippen LogP contribution in [0.2, 0.25) is 5.15 Å². The first kappa shape index (κ1) is 11.4. The maximum atomic E-state index is 11.9. The van der Waals surface area contributed by atoms with Crippen LogP contribution in [-0.2, 0) is 0 Å². The van der Waals surface area contributed by atoms with Crippen LogP contribution in [-0.4, -0.2) is 16.9 Å². The lowest BCUT2D eigenvalue weighted by molar-refractivity contribution is 0.0929. The number of carbonyl (C=O) groups excluding carboxylic acids is 1. The van der Waals surface area contributed by atoms with Gasteiger partial charge in [-0.3, -0.25) is 4.79 Å². The summed E-state index contributed by atoms with van der Waals surface area (Å²) in [5.41, 5.74) is 0.583. The van der Waals surface area contributed by atoms with Gasteiger partial charge in [-0.15, -0.1) is 0 Å². The van der Waals surface area contributed by atoms with Crippen LogP contribution in [0.4, 0.5) is 0 Å². The van der Waals surface area contributed by atoms with E-state index in [0.29, 0.717) is 22.7 Å². The smallest absolute Gasteiger partial charge is 0.251 e. The molecule has 2 atom stereocenters. The molecule has 1 amide bonds. The van der Waals surface area contributed by atoms with E-state index in [1.165, 1.54) is 12.8 Å². The first-order valence-corrected chi connectivity index (χ1v) is 5.97. The molecule has 0 saturated heterocycles. The van der Waals surface area contributed by atoms with E-state index in [1.807, 2.05) is 0 Å². The first-order valence-electron chi connectivity index (χ1n) is 5.59. The minimum absolute atomic E-state index is 0.0527. The summed E-state index contributed by atoms with van der Waals surface area (Å²) in [6.45, 7) is 2.18. The quantitative estimate of drug-likeness (QED) is 0.805. The lowest BCUT2D eigenvalue weighted by atomic mass is 10.1. The van der Waals surface area contributed by atoms with Crippen molar-refractivity contribution in [2.24, 2.45) is 5.92 Å². The van der Waals surface area contributed by atoms with Gasteiger partial charge in [0.25, 0.3) is 5.91 Å². The molecule has 0 aromatic carbocycles. The summed E-state index contributed by atoms with van der Waals surface area (Å²) < 4.78 is 0. The Morgan fingerprint density at radius 1 is 1.56 bits per heavy atom. The topological polar surface area (TPSA) is 42.0 Å². The molecule has 1 aromatic heterocycles. The molecule has 1 N–H and O–H groups in total. The molecule has 1 aromatic rings. The van der Waals surface area contributed by atoms with Crippen molar-refractivity contribution in [3.05, 3.63) is 29.0 Å². The van der Waals surface area contributed by atoms with E-state index in [1.54, 1.807) is 18.3 Å². The number of rotatable bonds is 2. The Bertz CT molecular complexity index is 394. The highest BCUT2D eigenvalue weighted by Crippen LogP contribution is 2.25. The number of nitrogens with zero attached hydrogens (tertiary/aromatic N) is 1. The zero-order valence-electron chi connectivity index (χ0n) is 9.24. The summed E-state index contributed by atoms with van der Waals surface area (Å²) in [5.74, 6) is 0.518. The van der Waals surface area contributed by atoms with Crippen molar-refractivity contribution in [1.29, 1.82) is 0 Å². The maximum Gasteiger partial charge on any atom is 0.251 e. The molecule has 1 aliphatic carbocycles. The van der Waals surface area contributed by atoms with Crippen molar-refractivity contribution < 1.29 is 4.79 Å². The average molecular weight is 239 g/mol. The molecular weight excluding hydrogens is 224 g/mol. The van der Waals surface area contributed by atoms with E-state index >= 15 is 0 Å². The number of halogens is 1. The summed E-state index contributed by atoms with van der Waals surface area (Å²) in [6, 6.07) is 3.58. The summed E-state index contributed by atoms with van der Waals surface area (Å²) in [5, 5.41) is 3.40. The molecule has 86 valence electrons. The maximum absolute atomic E-state index is 11.9. The number of nitrogens with one attached hydrogen (secondary N) is 1. The van der Waals surface area contributed by atoms with Gasteiger partial charge < -0.3 is 5.32 Å². The van der Waals surface area contributed by atoms with E-state index in [9.17, 15) is 4.79 Å². The molecule has 2 rings (SSSR count). The molecule has 3 nitrogen and oxygen atoms in total. The molecule has 0 spiro atoms. The number of hydrogen-bond acceptors (Lipinski definition) is 2. The van der Waals surface area contributed by atoms with Crippen molar-refractivity contribution in [1.82, 2.24) is 10.3 Å². The lowest BCUT2D eigenvalue weighted by Crippen LogP contribution is -2.36. The molecule has 0 bridgehead atoms. The number of carbonyl (C=O) groups is 1. The molecule has 4 heteroatoms. The third-order valence-electron chi connectivity index (χ3n) is 3.17. The number of aromatic nitrogens is 1. The minimum atomic E-state index is -0.0527. The van der Waals surface area contributed by atoms with Crippen LogP contribution in [0.5, 0.6) is 0 Å². The fourth-order valence-corrected chi connectivity index (χ4v) is 2.33. The van der Waals surface area contributed by atoms with Gasteiger partial charge in [0.2, 0.25) is 0 Å². The van der Waals surface area contributed by atoms with E-state index < -0.39 is 0 Å². The van der Waals surface area contributed by atoms with Crippen molar-refractivity contribution in [3.63, 3.8) is 0 Å². The molecule has 2 unspecified atom stereocenters. The number of pyridine rings is 1. The third-order valence-corrected chi connectivity index (χ3v) is 3.37. The van der Waals surface area contributed by atoms with Crippen LogP contribution in [0.25, 0.3) is 0 Å². The second-order valence-electron chi connectivity index (χ2n) is 4.36. The largest absolute Gasteiger partial charge is 0.349 e. The van der Waals surface area contributed by atoms with E-state index in [-0.39, 0.29) is 5.91 Å². The highest BCUT2D eigenvalue weighted by Gasteiger charge is 2.25. The summed E-state index contributed by atoms with van der Waals surface area (Å²) in [7, 11) is 0. The monoisotopic (exact) mass is 238 g/mol. The molecule has 1 saturated carbocycles. The minimum Gasteiger partial charge on any atom is -0.349 e. The van der Waals surface area contributed by atoms with Crippen molar-refractivity contribution in [2.45, 2.75) is 32.2 Å². The van der Waals surface area contributed by atoms with E-state index in [0.717, 1.165) is 6.42 Å². The fourth-order valence-electron chi connectivity index (χ4n) is 2.16. The summed E-state index contributed by atoms with van der Waals surface area (Å²) in [4.78, 5) is 15.8. The Morgan fingerprint density at radius 3 is 3.00 bits per heavy atom. The van der Waals surface area contributed by atoms with Gasteiger partial charge in [-0.05, 0) is 30.9 Å². The Hall–Kier alpha value is -1.09. The van der Waals surface area contributed by atoms with E-state index in [4.69, 9.17) is 11.6 Å². The van der Waals surface area contributed by atoms with Gasteiger partial charge in [-0.25, -0.2) is 4.98 Å². The third kappa shape index (κ3) is 2.53. The Kier molecular flexibility index (Phi) is 3.44. The van der Waals surface area contributed by atoms with Crippen molar-refractivity contribution >= 4 is 17.5 Å². The molecule has 0 aliphatic heterocycles. The molecule has 0 radical (unpaired) electrons. The molecule has 1 heterocycles. The molecular formula is C12H15ClN2O. The van der Waals surface area contributed by atoms with Crippen molar-refractivity contribution in [2.75, 3.05) is 0 Å². The number of hydrogen-bond donors (Lipinski definition) is 1. The van der Waals surface area contributed by atoms with Crippen molar-refractivity contribution in [3.8, 4) is 0 Å². The zero-order chi connectivity index (χ0) is 11.5. The Morgan fingerprint density at radius 2 is 2.38 bits per heavy atom. The van der Waals surface area contributed by atoms with Gasteiger partial charge >= 0.3 is 0 Å². The number of amides is 1. The fraction of sp³-hybridized carbons (Fsp3) is 0.500. The van der Waals surface area contributed by atoms with Gasteiger partial charge in [-0.2, -0.15) is 0 Å². The highest BCUT2D eigenvalue weighted by molar-refractivity contribution is 6.29.